The molecule has 0 unspecified atom stereocenters. The molecule has 0 spiro atoms. The average Bonchev–Trinajstić information content (AvgIpc) is 2.29. The Morgan fingerprint density at radius 1 is 1.47 bits per heavy atom. The van der Waals surface area contributed by atoms with E-state index in [4.69, 9.17) is 5.73 Å². The molecule has 96 valence electrons. The number of hydrogen-bond acceptors (Lipinski definition) is 2. The van der Waals surface area contributed by atoms with E-state index in [2.05, 4.69) is 35.6 Å². The molecular formula is C12H20IN3S. The van der Waals surface area contributed by atoms with Gasteiger partial charge in [-0.1, -0.05) is 19.1 Å². The highest BCUT2D eigenvalue weighted by Gasteiger charge is 1.95. The number of hydrogen-bond donors (Lipinski definition) is 2. The van der Waals surface area contributed by atoms with Crippen molar-refractivity contribution in [2.45, 2.75) is 13.3 Å². The molecule has 0 bridgehead atoms. The number of anilines is 1. The number of nitrogens with one attached hydrogen (secondary N) is 1. The second kappa shape index (κ2) is 9.58. The second-order valence-corrected chi connectivity index (χ2v) is 4.42. The van der Waals surface area contributed by atoms with Crippen LogP contribution in [0.3, 0.4) is 0 Å². The third-order valence-corrected chi connectivity index (χ3v) is 2.78. The molecule has 1 aromatic rings. The van der Waals surface area contributed by atoms with Gasteiger partial charge in [-0.25, -0.2) is 0 Å². The van der Waals surface area contributed by atoms with E-state index in [1.165, 1.54) is 5.56 Å². The highest BCUT2D eigenvalue weighted by molar-refractivity contribution is 14.0. The van der Waals surface area contributed by atoms with Crippen molar-refractivity contribution in [2.75, 3.05) is 23.9 Å². The van der Waals surface area contributed by atoms with Crippen molar-refractivity contribution < 1.29 is 0 Å². The molecule has 0 atom stereocenters. The van der Waals surface area contributed by atoms with Crippen LogP contribution in [0.15, 0.2) is 29.3 Å². The van der Waals surface area contributed by atoms with Crippen LogP contribution in [0.25, 0.3) is 0 Å². The minimum atomic E-state index is 0. The Morgan fingerprint density at radius 3 is 2.88 bits per heavy atom. The van der Waals surface area contributed by atoms with E-state index in [0.717, 1.165) is 24.4 Å². The number of aryl methyl sites for hydroxylation is 1. The number of nitrogens with two attached hydrogens (primary N) is 1. The molecule has 0 radical (unpaired) electrons. The Hall–Kier alpha value is -0.430. The Morgan fingerprint density at radius 2 is 2.24 bits per heavy atom. The van der Waals surface area contributed by atoms with Gasteiger partial charge in [0.15, 0.2) is 5.96 Å². The number of aliphatic imine (C=N–C) groups is 1. The molecular weight excluding hydrogens is 345 g/mol. The molecule has 17 heavy (non-hydrogen) atoms. The summed E-state index contributed by atoms with van der Waals surface area (Å²) in [4.78, 5) is 4.23. The number of thioether (sulfide) groups is 1. The third kappa shape index (κ3) is 6.78. The largest absolute Gasteiger partial charge is 0.370 e. The first-order valence-electron chi connectivity index (χ1n) is 5.41. The molecule has 5 heteroatoms. The standard InChI is InChI=1S/C12H19N3S.HI/c1-3-10-5-4-6-11(9-10)15-12(13)14-7-8-16-2;/h4-6,9H,3,7-8H2,1-2H3,(H3,13,14,15);1H. The fraction of sp³-hybridized carbons (Fsp3) is 0.417. The van der Waals surface area contributed by atoms with Gasteiger partial charge in [0.2, 0.25) is 0 Å². The lowest BCUT2D eigenvalue weighted by atomic mass is 10.1. The summed E-state index contributed by atoms with van der Waals surface area (Å²) >= 11 is 1.77. The molecule has 0 aliphatic carbocycles. The number of guanidine groups is 1. The first-order valence-corrected chi connectivity index (χ1v) is 6.80. The normalized spacial score (nSPS) is 10.8. The van der Waals surface area contributed by atoms with E-state index in [1.54, 1.807) is 11.8 Å². The van der Waals surface area contributed by atoms with Gasteiger partial charge in [0, 0.05) is 11.4 Å². The van der Waals surface area contributed by atoms with Crippen molar-refractivity contribution >= 4 is 47.4 Å². The summed E-state index contributed by atoms with van der Waals surface area (Å²) < 4.78 is 0. The summed E-state index contributed by atoms with van der Waals surface area (Å²) in [6, 6.07) is 8.22. The monoisotopic (exact) mass is 365 g/mol. The number of rotatable bonds is 5. The summed E-state index contributed by atoms with van der Waals surface area (Å²) in [6.45, 7) is 2.89. The minimum absolute atomic E-state index is 0. The molecule has 0 fully saturated rings. The van der Waals surface area contributed by atoms with E-state index < -0.39 is 0 Å². The maximum absolute atomic E-state index is 5.77. The second-order valence-electron chi connectivity index (χ2n) is 3.44. The highest BCUT2D eigenvalue weighted by atomic mass is 127. The molecule has 3 N–H and O–H groups in total. The van der Waals surface area contributed by atoms with Gasteiger partial charge in [-0.05, 0) is 30.4 Å². The first kappa shape index (κ1) is 16.6. The van der Waals surface area contributed by atoms with Gasteiger partial charge >= 0.3 is 0 Å². The van der Waals surface area contributed by atoms with Crippen LogP contribution in [0, 0.1) is 0 Å². The van der Waals surface area contributed by atoms with Crippen LogP contribution in [-0.4, -0.2) is 24.5 Å². The lowest BCUT2D eigenvalue weighted by Gasteiger charge is -2.06. The Labute approximate surface area is 125 Å². The van der Waals surface area contributed by atoms with Crippen molar-refractivity contribution in [3.05, 3.63) is 29.8 Å². The van der Waals surface area contributed by atoms with Crippen molar-refractivity contribution in [3.63, 3.8) is 0 Å². The zero-order valence-electron chi connectivity index (χ0n) is 10.3. The molecule has 0 amide bonds. The zero-order valence-corrected chi connectivity index (χ0v) is 13.4. The van der Waals surface area contributed by atoms with Crippen molar-refractivity contribution in [1.29, 1.82) is 0 Å². The first-order chi connectivity index (χ1) is 7.76. The van der Waals surface area contributed by atoms with Crippen LogP contribution in [-0.2, 0) is 6.42 Å². The van der Waals surface area contributed by atoms with Crippen molar-refractivity contribution in [3.8, 4) is 0 Å². The summed E-state index contributed by atoms with van der Waals surface area (Å²) in [5.74, 6) is 1.49. The van der Waals surface area contributed by atoms with Gasteiger partial charge in [0.1, 0.15) is 0 Å². The Balaban J connectivity index is 0.00000256. The molecule has 0 saturated heterocycles. The summed E-state index contributed by atoms with van der Waals surface area (Å²) in [5, 5.41) is 3.09. The van der Waals surface area contributed by atoms with Crippen molar-refractivity contribution in [2.24, 2.45) is 10.7 Å². The molecule has 1 aromatic carbocycles. The smallest absolute Gasteiger partial charge is 0.193 e. The number of nitrogens with zero attached hydrogens (tertiary/aromatic N) is 1. The van der Waals surface area contributed by atoms with Gasteiger partial charge < -0.3 is 11.1 Å². The van der Waals surface area contributed by atoms with E-state index >= 15 is 0 Å². The van der Waals surface area contributed by atoms with Gasteiger partial charge in [-0.2, -0.15) is 11.8 Å². The molecule has 1 rings (SSSR count). The van der Waals surface area contributed by atoms with Gasteiger partial charge in [0.25, 0.3) is 0 Å². The maximum atomic E-state index is 5.77. The fourth-order valence-corrected chi connectivity index (χ4v) is 1.59. The van der Waals surface area contributed by atoms with Crippen LogP contribution >= 0.6 is 35.7 Å². The lowest BCUT2D eigenvalue weighted by molar-refractivity contribution is 1.13. The summed E-state index contributed by atoms with van der Waals surface area (Å²) in [7, 11) is 0. The molecule has 0 aliphatic rings. The predicted octanol–water partition coefficient (Wildman–Crippen LogP) is 2.96. The summed E-state index contributed by atoms with van der Waals surface area (Å²) in [5.41, 5.74) is 8.07. The maximum Gasteiger partial charge on any atom is 0.193 e. The highest BCUT2D eigenvalue weighted by Crippen LogP contribution is 2.10. The Kier molecular flexibility index (Phi) is 9.34. The lowest BCUT2D eigenvalue weighted by Crippen LogP contribution is -2.23. The van der Waals surface area contributed by atoms with Crippen LogP contribution in [0.2, 0.25) is 0 Å². The van der Waals surface area contributed by atoms with Gasteiger partial charge in [-0.3, -0.25) is 4.99 Å². The zero-order chi connectivity index (χ0) is 11.8. The van der Waals surface area contributed by atoms with E-state index in [0.29, 0.717) is 5.96 Å². The molecule has 0 heterocycles. The van der Waals surface area contributed by atoms with Crippen LogP contribution in [0.4, 0.5) is 5.69 Å². The van der Waals surface area contributed by atoms with Crippen molar-refractivity contribution in [1.82, 2.24) is 0 Å². The van der Waals surface area contributed by atoms with E-state index in [-0.39, 0.29) is 24.0 Å². The SMILES string of the molecule is CCc1cccc(NC(N)=NCCSC)c1.I. The summed E-state index contributed by atoms with van der Waals surface area (Å²) in [6.07, 6.45) is 3.09. The molecule has 0 saturated carbocycles. The van der Waals surface area contributed by atoms with Crippen LogP contribution < -0.4 is 11.1 Å². The van der Waals surface area contributed by atoms with Gasteiger partial charge in [-0.15, -0.1) is 24.0 Å². The van der Waals surface area contributed by atoms with E-state index in [9.17, 15) is 0 Å². The quantitative estimate of drug-likeness (QED) is 0.365. The topological polar surface area (TPSA) is 50.4 Å². The third-order valence-electron chi connectivity index (χ3n) is 2.19. The van der Waals surface area contributed by atoms with Gasteiger partial charge in [0.05, 0.1) is 6.54 Å². The van der Waals surface area contributed by atoms with E-state index in [1.807, 2.05) is 12.1 Å². The minimum Gasteiger partial charge on any atom is -0.370 e. The van der Waals surface area contributed by atoms with Crippen LogP contribution in [0.1, 0.15) is 12.5 Å². The average molecular weight is 365 g/mol. The van der Waals surface area contributed by atoms with Crippen LogP contribution in [0.5, 0.6) is 0 Å². The Bertz CT molecular complexity index is 355. The molecule has 0 aliphatic heterocycles. The fourth-order valence-electron chi connectivity index (χ4n) is 1.31. The molecule has 3 nitrogen and oxygen atoms in total. The number of halogens is 1. The predicted molar refractivity (Wildman–Crippen MR) is 89.7 cm³/mol. The molecule has 0 aromatic heterocycles. The number of benzene rings is 1.